The molecule has 2 aromatic rings. The third-order valence-electron chi connectivity index (χ3n) is 2.47. The molecule has 0 fully saturated rings. The SMILES string of the molecule is Nc1cccc(N)c1S(=O)(=O)c1ccccc1Cl. The van der Waals surface area contributed by atoms with Crippen LogP contribution in [0.3, 0.4) is 0 Å². The van der Waals surface area contributed by atoms with E-state index in [0.717, 1.165) is 0 Å². The smallest absolute Gasteiger partial charge is 0.212 e. The van der Waals surface area contributed by atoms with E-state index in [-0.39, 0.29) is 26.2 Å². The number of nitrogen functional groups attached to an aromatic ring is 2. The summed E-state index contributed by atoms with van der Waals surface area (Å²) in [7, 11) is -3.81. The highest BCUT2D eigenvalue weighted by Crippen LogP contribution is 2.33. The van der Waals surface area contributed by atoms with E-state index in [0.29, 0.717) is 0 Å². The fourth-order valence-corrected chi connectivity index (χ4v) is 3.66. The first-order valence-corrected chi connectivity index (χ1v) is 6.94. The third kappa shape index (κ3) is 2.02. The number of anilines is 2. The molecule has 0 aliphatic heterocycles. The maximum atomic E-state index is 12.5. The Bertz CT molecular complexity index is 679. The minimum atomic E-state index is -3.81. The van der Waals surface area contributed by atoms with Crippen LogP contribution in [0.2, 0.25) is 5.02 Å². The molecule has 0 saturated carbocycles. The van der Waals surface area contributed by atoms with E-state index in [9.17, 15) is 8.42 Å². The van der Waals surface area contributed by atoms with Gasteiger partial charge in [-0.3, -0.25) is 0 Å². The molecular formula is C12H11ClN2O2S. The fourth-order valence-electron chi connectivity index (χ4n) is 1.66. The van der Waals surface area contributed by atoms with Crippen molar-refractivity contribution in [2.24, 2.45) is 0 Å². The monoisotopic (exact) mass is 282 g/mol. The normalized spacial score (nSPS) is 11.4. The van der Waals surface area contributed by atoms with Crippen molar-refractivity contribution in [3.05, 3.63) is 47.5 Å². The van der Waals surface area contributed by atoms with Crippen LogP contribution >= 0.6 is 11.6 Å². The molecule has 4 N–H and O–H groups in total. The zero-order valence-corrected chi connectivity index (χ0v) is 10.9. The van der Waals surface area contributed by atoms with Crippen LogP contribution in [0.4, 0.5) is 11.4 Å². The molecule has 0 unspecified atom stereocenters. The third-order valence-corrected chi connectivity index (χ3v) is 4.86. The van der Waals surface area contributed by atoms with Crippen LogP contribution in [0.15, 0.2) is 52.3 Å². The molecule has 2 aromatic carbocycles. The zero-order chi connectivity index (χ0) is 13.3. The van der Waals surface area contributed by atoms with Gasteiger partial charge in [-0.2, -0.15) is 0 Å². The first kappa shape index (κ1) is 12.7. The number of sulfone groups is 1. The van der Waals surface area contributed by atoms with E-state index in [1.165, 1.54) is 24.3 Å². The van der Waals surface area contributed by atoms with Crippen molar-refractivity contribution in [1.29, 1.82) is 0 Å². The summed E-state index contributed by atoms with van der Waals surface area (Å²) in [6.45, 7) is 0. The van der Waals surface area contributed by atoms with E-state index in [4.69, 9.17) is 23.1 Å². The highest BCUT2D eigenvalue weighted by Gasteiger charge is 2.25. The predicted octanol–water partition coefficient (Wildman–Crippen LogP) is 2.34. The number of hydrogen-bond donors (Lipinski definition) is 2. The van der Waals surface area contributed by atoms with Crippen LogP contribution in [-0.4, -0.2) is 8.42 Å². The van der Waals surface area contributed by atoms with E-state index >= 15 is 0 Å². The lowest BCUT2D eigenvalue weighted by Gasteiger charge is -2.11. The minimum Gasteiger partial charge on any atom is -0.398 e. The molecule has 6 heteroatoms. The molecule has 18 heavy (non-hydrogen) atoms. The summed E-state index contributed by atoms with van der Waals surface area (Å²) in [6.07, 6.45) is 0. The molecule has 0 atom stereocenters. The largest absolute Gasteiger partial charge is 0.398 e. The van der Waals surface area contributed by atoms with Gasteiger partial charge in [0.15, 0.2) is 0 Å². The van der Waals surface area contributed by atoms with Gasteiger partial charge in [-0.1, -0.05) is 29.8 Å². The molecule has 0 radical (unpaired) electrons. The molecule has 0 spiro atoms. The Morgan fingerprint density at radius 2 is 1.44 bits per heavy atom. The van der Waals surface area contributed by atoms with E-state index in [2.05, 4.69) is 0 Å². The Morgan fingerprint density at radius 3 is 2.00 bits per heavy atom. The maximum absolute atomic E-state index is 12.5. The first-order chi connectivity index (χ1) is 8.44. The Kier molecular flexibility index (Phi) is 3.19. The van der Waals surface area contributed by atoms with Crippen molar-refractivity contribution in [3.63, 3.8) is 0 Å². The van der Waals surface area contributed by atoms with Gasteiger partial charge in [-0.05, 0) is 24.3 Å². The van der Waals surface area contributed by atoms with Crippen molar-refractivity contribution in [2.75, 3.05) is 11.5 Å². The molecule has 0 bridgehead atoms. The van der Waals surface area contributed by atoms with Gasteiger partial charge in [0, 0.05) is 0 Å². The van der Waals surface area contributed by atoms with Gasteiger partial charge in [-0.15, -0.1) is 0 Å². The summed E-state index contributed by atoms with van der Waals surface area (Å²) in [5.41, 5.74) is 11.6. The number of nitrogens with two attached hydrogens (primary N) is 2. The van der Waals surface area contributed by atoms with Gasteiger partial charge in [0.25, 0.3) is 0 Å². The second kappa shape index (κ2) is 4.51. The number of benzene rings is 2. The van der Waals surface area contributed by atoms with Crippen LogP contribution in [0.1, 0.15) is 0 Å². The number of rotatable bonds is 2. The molecule has 0 aromatic heterocycles. The molecule has 0 aliphatic rings. The van der Waals surface area contributed by atoms with Crippen molar-refractivity contribution >= 4 is 32.8 Å². The Hall–Kier alpha value is -1.72. The van der Waals surface area contributed by atoms with Gasteiger partial charge in [0.05, 0.1) is 21.3 Å². The standard InChI is InChI=1S/C12H11ClN2O2S/c13-8-4-1-2-7-11(8)18(16,17)12-9(14)5-3-6-10(12)15/h1-7H,14-15H2. The molecule has 0 aliphatic carbocycles. The molecule has 0 saturated heterocycles. The van der Waals surface area contributed by atoms with E-state index in [1.54, 1.807) is 18.2 Å². The highest BCUT2D eigenvalue weighted by molar-refractivity contribution is 7.92. The van der Waals surface area contributed by atoms with Gasteiger partial charge < -0.3 is 11.5 Å². The minimum absolute atomic E-state index is 0.00346. The van der Waals surface area contributed by atoms with Gasteiger partial charge in [0.2, 0.25) is 9.84 Å². The zero-order valence-electron chi connectivity index (χ0n) is 9.30. The quantitative estimate of drug-likeness (QED) is 0.828. The summed E-state index contributed by atoms with van der Waals surface area (Å²) >= 11 is 5.90. The lowest BCUT2D eigenvalue weighted by Crippen LogP contribution is -2.09. The fraction of sp³-hybridized carbons (Fsp3) is 0. The molecular weight excluding hydrogens is 272 g/mol. The summed E-state index contributed by atoms with van der Waals surface area (Å²) < 4.78 is 24.9. The van der Waals surface area contributed by atoms with Crippen molar-refractivity contribution in [1.82, 2.24) is 0 Å². The Balaban J connectivity index is 2.75. The molecule has 94 valence electrons. The molecule has 2 rings (SSSR count). The molecule has 0 heterocycles. The average Bonchev–Trinajstić information content (AvgIpc) is 2.28. The lowest BCUT2D eigenvalue weighted by atomic mass is 10.3. The van der Waals surface area contributed by atoms with Crippen LogP contribution in [-0.2, 0) is 9.84 Å². The van der Waals surface area contributed by atoms with E-state index in [1.807, 2.05) is 0 Å². The lowest BCUT2D eigenvalue weighted by molar-refractivity contribution is 0.597. The van der Waals surface area contributed by atoms with Crippen molar-refractivity contribution in [3.8, 4) is 0 Å². The average molecular weight is 283 g/mol. The van der Waals surface area contributed by atoms with Crippen LogP contribution in [0.25, 0.3) is 0 Å². The Morgan fingerprint density at radius 1 is 0.889 bits per heavy atom. The topological polar surface area (TPSA) is 86.2 Å². The highest BCUT2D eigenvalue weighted by atomic mass is 35.5. The van der Waals surface area contributed by atoms with Crippen molar-refractivity contribution < 1.29 is 8.42 Å². The Labute approximate surface area is 110 Å². The van der Waals surface area contributed by atoms with Gasteiger partial charge in [-0.25, -0.2) is 8.42 Å². The number of hydrogen-bond acceptors (Lipinski definition) is 4. The summed E-state index contributed by atoms with van der Waals surface area (Å²) in [4.78, 5) is -0.102. The first-order valence-electron chi connectivity index (χ1n) is 5.08. The van der Waals surface area contributed by atoms with E-state index < -0.39 is 9.84 Å². The predicted molar refractivity (Wildman–Crippen MR) is 72.2 cm³/mol. The van der Waals surface area contributed by atoms with Gasteiger partial charge in [0.1, 0.15) is 4.90 Å². The second-order valence-electron chi connectivity index (χ2n) is 3.70. The number of halogens is 1. The summed E-state index contributed by atoms with van der Waals surface area (Å²) in [5, 5.41) is 0.139. The summed E-state index contributed by atoms with van der Waals surface area (Å²) in [6, 6.07) is 10.7. The molecule has 0 amide bonds. The van der Waals surface area contributed by atoms with Crippen LogP contribution in [0, 0.1) is 0 Å². The summed E-state index contributed by atoms with van der Waals surface area (Å²) in [5.74, 6) is 0. The van der Waals surface area contributed by atoms with Crippen molar-refractivity contribution in [2.45, 2.75) is 9.79 Å². The second-order valence-corrected chi connectivity index (χ2v) is 5.96. The van der Waals surface area contributed by atoms with Crippen LogP contribution < -0.4 is 11.5 Å². The van der Waals surface area contributed by atoms with Gasteiger partial charge >= 0.3 is 0 Å². The molecule has 4 nitrogen and oxygen atoms in total. The maximum Gasteiger partial charge on any atom is 0.212 e. The van der Waals surface area contributed by atoms with Crippen LogP contribution in [0.5, 0.6) is 0 Å².